The van der Waals surface area contributed by atoms with E-state index in [1.54, 1.807) is 0 Å². The van der Waals surface area contributed by atoms with Crippen LogP contribution >= 0.6 is 0 Å². The maximum absolute atomic E-state index is 6.28. The summed E-state index contributed by atoms with van der Waals surface area (Å²) in [5.74, 6) is 0.910. The van der Waals surface area contributed by atoms with Crippen LogP contribution in [0.1, 0.15) is 29.7 Å². The van der Waals surface area contributed by atoms with Crippen molar-refractivity contribution in [3.05, 3.63) is 102 Å². The molecule has 1 nitrogen and oxygen atoms in total. The van der Waals surface area contributed by atoms with Crippen molar-refractivity contribution in [1.82, 2.24) is 0 Å². The number of para-hydroxylation sites is 1. The van der Waals surface area contributed by atoms with E-state index in [9.17, 15) is 0 Å². The zero-order chi connectivity index (χ0) is 15.9. The van der Waals surface area contributed by atoms with Crippen molar-refractivity contribution >= 4 is 0 Å². The molecule has 1 heteroatoms. The van der Waals surface area contributed by atoms with Crippen molar-refractivity contribution in [3.63, 3.8) is 0 Å². The quantitative estimate of drug-likeness (QED) is 0.575. The molecule has 0 amide bonds. The molecule has 0 aliphatic heterocycles. The topological polar surface area (TPSA) is 9.23 Å². The number of hydrogen-bond donors (Lipinski definition) is 0. The van der Waals surface area contributed by atoms with Crippen molar-refractivity contribution < 1.29 is 4.74 Å². The van der Waals surface area contributed by atoms with Crippen LogP contribution in [0.25, 0.3) is 0 Å². The first kappa shape index (κ1) is 15.4. The lowest BCUT2D eigenvalue weighted by Gasteiger charge is -2.20. The summed E-state index contributed by atoms with van der Waals surface area (Å²) >= 11 is 0. The van der Waals surface area contributed by atoms with E-state index in [0.717, 1.165) is 18.6 Å². The SMILES string of the molecule is CCc1ccc(C(Cc2ccccc2)Oc2ccccc2)cc1. The Hall–Kier alpha value is -2.54. The van der Waals surface area contributed by atoms with E-state index in [0.29, 0.717) is 0 Å². The molecule has 116 valence electrons. The van der Waals surface area contributed by atoms with Crippen molar-refractivity contribution in [2.24, 2.45) is 0 Å². The van der Waals surface area contributed by atoms with Crippen LogP contribution in [-0.4, -0.2) is 0 Å². The second-order valence-corrected chi connectivity index (χ2v) is 5.70. The molecule has 0 fully saturated rings. The molecule has 3 rings (SSSR count). The Labute approximate surface area is 138 Å². The van der Waals surface area contributed by atoms with Gasteiger partial charge in [-0.05, 0) is 35.2 Å². The molecule has 0 saturated carbocycles. The Kier molecular flexibility index (Phi) is 5.10. The van der Waals surface area contributed by atoms with Crippen LogP contribution in [0.5, 0.6) is 5.75 Å². The zero-order valence-electron chi connectivity index (χ0n) is 13.5. The first-order chi connectivity index (χ1) is 11.3. The van der Waals surface area contributed by atoms with Gasteiger partial charge in [-0.1, -0.05) is 79.7 Å². The third-order valence-corrected chi connectivity index (χ3v) is 4.05. The second kappa shape index (κ2) is 7.64. The number of benzene rings is 3. The maximum Gasteiger partial charge on any atom is 0.128 e. The third-order valence-electron chi connectivity index (χ3n) is 4.05. The van der Waals surface area contributed by atoms with Crippen LogP contribution in [0.3, 0.4) is 0 Å². The maximum atomic E-state index is 6.28. The minimum atomic E-state index is 0.0192. The highest BCUT2D eigenvalue weighted by molar-refractivity contribution is 5.29. The lowest BCUT2D eigenvalue weighted by Crippen LogP contribution is -2.11. The molecule has 0 radical (unpaired) electrons. The van der Waals surface area contributed by atoms with Crippen LogP contribution in [0.4, 0.5) is 0 Å². The summed E-state index contributed by atoms with van der Waals surface area (Å²) in [5, 5.41) is 0. The molecule has 3 aromatic carbocycles. The summed E-state index contributed by atoms with van der Waals surface area (Å²) in [5.41, 5.74) is 3.86. The fourth-order valence-corrected chi connectivity index (χ4v) is 2.69. The molecule has 3 aromatic rings. The first-order valence-corrected chi connectivity index (χ1v) is 8.19. The number of hydrogen-bond acceptors (Lipinski definition) is 1. The van der Waals surface area contributed by atoms with Gasteiger partial charge in [-0.2, -0.15) is 0 Å². The Balaban J connectivity index is 1.85. The Morgan fingerprint density at radius 3 is 1.91 bits per heavy atom. The van der Waals surface area contributed by atoms with E-state index in [1.165, 1.54) is 16.7 Å². The van der Waals surface area contributed by atoms with Gasteiger partial charge in [0.05, 0.1) is 0 Å². The molecular weight excluding hydrogens is 280 g/mol. The molecule has 0 N–H and O–H groups in total. The molecule has 0 aliphatic rings. The minimum Gasteiger partial charge on any atom is -0.485 e. The fraction of sp³-hybridized carbons (Fsp3) is 0.182. The summed E-state index contributed by atoms with van der Waals surface area (Å²) in [6.45, 7) is 2.18. The van der Waals surface area contributed by atoms with E-state index < -0.39 is 0 Å². The predicted octanol–water partition coefficient (Wildman–Crippen LogP) is 5.61. The predicted molar refractivity (Wildman–Crippen MR) is 95.8 cm³/mol. The van der Waals surface area contributed by atoms with Crippen LogP contribution in [-0.2, 0) is 12.8 Å². The van der Waals surface area contributed by atoms with Gasteiger partial charge in [0.2, 0.25) is 0 Å². The number of aryl methyl sites for hydroxylation is 1. The molecule has 0 aliphatic carbocycles. The average Bonchev–Trinajstić information content (AvgIpc) is 2.63. The minimum absolute atomic E-state index is 0.0192. The van der Waals surface area contributed by atoms with Crippen molar-refractivity contribution in [2.45, 2.75) is 25.9 Å². The largest absolute Gasteiger partial charge is 0.485 e. The third kappa shape index (κ3) is 4.23. The average molecular weight is 302 g/mol. The number of rotatable bonds is 6. The summed E-state index contributed by atoms with van der Waals surface area (Å²) < 4.78 is 6.28. The second-order valence-electron chi connectivity index (χ2n) is 5.70. The highest BCUT2D eigenvalue weighted by Crippen LogP contribution is 2.26. The Bertz CT molecular complexity index is 660. The first-order valence-electron chi connectivity index (χ1n) is 8.19. The number of ether oxygens (including phenoxy) is 1. The van der Waals surface area contributed by atoms with Crippen LogP contribution < -0.4 is 4.74 Å². The highest BCUT2D eigenvalue weighted by atomic mass is 16.5. The normalized spacial score (nSPS) is 11.9. The van der Waals surface area contributed by atoms with Gasteiger partial charge >= 0.3 is 0 Å². The van der Waals surface area contributed by atoms with Crippen molar-refractivity contribution in [2.75, 3.05) is 0 Å². The molecular formula is C22H22O. The van der Waals surface area contributed by atoms with Gasteiger partial charge in [0.1, 0.15) is 11.9 Å². The van der Waals surface area contributed by atoms with Crippen LogP contribution in [0, 0.1) is 0 Å². The lowest BCUT2D eigenvalue weighted by atomic mass is 9.99. The summed E-state index contributed by atoms with van der Waals surface area (Å²) in [4.78, 5) is 0. The molecule has 0 aromatic heterocycles. The van der Waals surface area contributed by atoms with Gasteiger partial charge in [0.15, 0.2) is 0 Å². The molecule has 0 spiro atoms. The molecule has 0 saturated heterocycles. The van der Waals surface area contributed by atoms with E-state index in [1.807, 2.05) is 36.4 Å². The van der Waals surface area contributed by atoms with Crippen LogP contribution in [0.2, 0.25) is 0 Å². The van der Waals surface area contributed by atoms with E-state index in [-0.39, 0.29) is 6.10 Å². The Morgan fingerprint density at radius 1 is 0.696 bits per heavy atom. The summed E-state index contributed by atoms with van der Waals surface area (Å²) in [7, 11) is 0. The molecule has 1 unspecified atom stereocenters. The van der Waals surface area contributed by atoms with Gasteiger partial charge in [-0.25, -0.2) is 0 Å². The van der Waals surface area contributed by atoms with Gasteiger partial charge in [-0.15, -0.1) is 0 Å². The lowest BCUT2D eigenvalue weighted by molar-refractivity contribution is 0.206. The van der Waals surface area contributed by atoms with E-state index in [2.05, 4.69) is 55.5 Å². The van der Waals surface area contributed by atoms with E-state index >= 15 is 0 Å². The molecule has 23 heavy (non-hydrogen) atoms. The highest BCUT2D eigenvalue weighted by Gasteiger charge is 2.14. The van der Waals surface area contributed by atoms with Gasteiger partial charge < -0.3 is 4.74 Å². The van der Waals surface area contributed by atoms with E-state index in [4.69, 9.17) is 4.74 Å². The molecule has 1 atom stereocenters. The van der Waals surface area contributed by atoms with Gasteiger partial charge in [-0.3, -0.25) is 0 Å². The van der Waals surface area contributed by atoms with Gasteiger partial charge in [0.25, 0.3) is 0 Å². The van der Waals surface area contributed by atoms with Gasteiger partial charge in [0, 0.05) is 6.42 Å². The summed E-state index contributed by atoms with van der Waals surface area (Å²) in [6, 6.07) is 29.3. The standard InChI is InChI=1S/C22H22O/c1-2-18-13-15-20(16-14-18)22(17-19-9-5-3-6-10-19)23-21-11-7-4-8-12-21/h3-16,22H,2,17H2,1H3. The van der Waals surface area contributed by atoms with Crippen molar-refractivity contribution in [1.29, 1.82) is 0 Å². The zero-order valence-corrected chi connectivity index (χ0v) is 13.5. The Morgan fingerprint density at radius 2 is 1.30 bits per heavy atom. The smallest absolute Gasteiger partial charge is 0.128 e. The van der Waals surface area contributed by atoms with Crippen molar-refractivity contribution in [3.8, 4) is 5.75 Å². The fourth-order valence-electron chi connectivity index (χ4n) is 2.69. The molecule has 0 heterocycles. The molecule has 0 bridgehead atoms. The van der Waals surface area contributed by atoms with Crippen LogP contribution in [0.15, 0.2) is 84.9 Å². The monoisotopic (exact) mass is 302 g/mol. The summed E-state index contributed by atoms with van der Waals surface area (Å²) in [6.07, 6.45) is 1.94.